The molecule has 0 aliphatic rings. The largest absolute Gasteiger partial charge is 0.508 e. The van der Waals surface area contributed by atoms with Gasteiger partial charge in [0.05, 0.1) is 6.04 Å². The minimum absolute atomic E-state index is 0.0573. The van der Waals surface area contributed by atoms with Crippen molar-refractivity contribution in [2.75, 3.05) is 13.1 Å². The van der Waals surface area contributed by atoms with Crippen LogP contribution >= 0.6 is 0 Å². The number of rotatable bonds is 19. The van der Waals surface area contributed by atoms with E-state index in [9.17, 15) is 24.3 Å². The second kappa shape index (κ2) is 19.2. The highest BCUT2D eigenvalue weighted by molar-refractivity contribution is 5.94. The molecular weight excluding hydrogens is 614 g/mol. The predicted octanol–water partition coefficient (Wildman–Crippen LogP) is 0.0704. The number of aryl methyl sites for hydroxylation is 4. The summed E-state index contributed by atoms with van der Waals surface area (Å²) in [5.74, 6) is -2.62. The van der Waals surface area contributed by atoms with Crippen LogP contribution in [0.5, 0.6) is 5.75 Å². The van der Waals surface area contributed by atoms with Gasteiger partial charge < -0.3 is 49.3 Å². The normalized spacial score (nSPS) is 13.5. The molecule has 0 fully saturated rings. The van der Waals surface area contributed by atoms with E-state index >= 15 is 0 Å². The molecule has 4 atom stereocenters. The molecule has 14 heteroatoms. The smallest absolute Gasteiger partial charge is 0.243 e. The maximum Gasteiger partial charge on any atom is 0.243 e. The van der Waals surface area contributed by atoms with Crippen LogP contribution in [0.4, 0.5) is 0 Å². The fourth-order valence-electron chi connectivity index (χ4n) is 5.56. The van der Waals surface area contributed by atoms with E-state index in [0.717, 1.165) is 22.3 Å². The maximum absolute atomic E-state index is 13.9. The highest BCUT2D eigenvalue weighted by Gasteiger charge is 2.31. The minimum atomic E-state index is -1.13. The van der Waals surface area contributed by atoms with Crippen molar-refractivity contribution in [1.29, 1.82) is 5.41 Å². The highest BCUT2D eigenvalue weighted by Crippen LogP contribution is 2.22. The zero-order chi connectivity index (χ0) is 36.0. The number of phenols is 1. The van der Waals surface area contributed by atoms with Gasteiger partial charge in [0.2, 0.25) is 23.6 Å². The fraction of sp³-hybridized carbons (Fsp3) is 0.500. The van der Waals surface area contributed by atoms with Gasteiger partial charge in [-0.2, -0.15) is 0 Å². The van der Waals surface area contributed by atoms with E-state index in [2.05, 4.69) is 21.3 Å². The van der Waals surface area contributed by atoms with E-state index in [4.69, 9.17) is 28.3 Å². The van der Waals surface area contributed by atoms with Crippen LogP contribution in [0.25, 0.3) is 0 Å². The van der Waals surface area contributed by atoms with Crippen molar-refractivity contribution in [2.24, 2.45) is 22.9 Å². The van der Waals surface area contributed by atoms with Crippen LogP contribution in [0, 0.1) is 33.1 Å². The first kappa shape index (κ1) is 39.5. The number of amides is 4. The van der Waals surface area contributed by atoms with Crippen molar-refractivity contribution in [3.63, 3.8) is 0 Å². The number of carbonyl (C=O) groups excluding carboxylic acids is 4. The summed E-state index contributed by atoms with van der Waals surface area (Å²) in [6.07, 6.45) is 2.29. The Kier molecular flexibility index (Phi) is 15.8. The monoisotopic (exact) mass is 667 g/mol. The molecule has 0 radical (unpaired) electrons. The zero-order valence-corrected chi connectivity index (χ0v) is 28.4. The highest BCUT2D eigenvalue weighted by atomic mass is 16.3. The number of guanidine groups is 1. The summed E-state index contributed by atoms with van der Waals surface area (Å²) >= 11 is 0. The van der Waals surface area contributed by atoms with Crippen molar-refractivity contribution in [3.05, 3.63) is 63.7 Å². The van der Waals surface area contributed by atoms with Gasteiger partial charge in [-0.1, -0.05) is 18.2 Å². The Morgan fingerprint density at radius 2 is 1.27 bits per heavy atom. The molecule has 264 valence electrons. The molecule has 0 bridgehead atoms. The zero-order valence-electron chi connectivity index (χ0n) is 28.4. The van der Waals surface area contributed by atoms with Gasteiger partial charge >= 0.3 is 0 Å². The van der Waals surface area contributed by atoms with Crippen LogP contribution in [0.15, 0.2) is 30.3 Å². The van der Waals surface area contributed by atoms with E-state index in [1.807, 2.05) is 32.0 Å². The third-order valence-corrected chi connectivity index (χ3v) is 8.36. The van der Waals surface area contributed by atoms with Crippen LogP contribution in [-0.2, 0) is 32.0 Å². The van der Waals surface area contributed by atoms with Gasteiger partial charge in [-0.3, -0.25) is 24.6 Å². The van der Waals surface area contributed by atoms with Gasteiger partial charge in [-0.25, -0.2) is 0 Å². The summed E-state index contributed by atoms with van der Waals surface area (Å²) in [5, 5.41) is 28.2. The lowest BCUT2D eigenvalue weighted by Gasteiger charge is -2.26. The summed E-state index contributed by atoms with van der Waals surface area (Å²) in [6, 6.07) is 4.69. The van der Waals surface area contributed by atoms with Crippen molar-refractivity contribution in [3.8, 4) is 5.75 Å². The van der Waals surface area contributed by atoms with Crippen molar-refractivity contribution < 1.29 is 24.3 Å². The Morgan fingerprint density at radius 1 is 0.750 bits per heavy atom. The SMILES string of the molecule is Cc1cccc(C)c1C[C@H](NC(=O)[C@H](CCCCN)NC(=O)[C@H](Cc1c(C)cc(O)cc1C)NC(=O)[C@H](N)CCCNC(=N)N)C(N)=O. The first-order valence-corrected chi connectivity index (χ1v) is 16.2. The number of nitrogens with one attached hydrogen (secondary N) is 5. The molecule has 0 spiro atoms. The first-order chi connectivity index (χ1) is 22.6. The standard InChI is InChI=1S/C34H53N9O5/c1-19-9-7-10-20(2)24(19)17-28(30(37)45)42-32(47)27(12-5-6-13-35)41-33(48)29(18-25-21(3)15-23(44)16-22(25)4)43-31(46)26(36)11-8-14-40-34(38)39/h7,9-10,15-16,26-29,44H,5-6,8,11-14,17-18,35-36H2,1-4H3,(H2,37,45)(H,41,48)(H,42,47)(H,43,46)(H4,38,39,40)/t26-,27+,28+,29+/m1/s1. The molecule has 0 aliphatic carbocycles. The van der Waals surface area contributed by atoms with Crippen molar-refractivity contribution in [2.45, 2.75) is 96.8 Å². The Hall–Kier alpha value is -4.69. The molecule has 2 rings (SSSR count). The van der Waals surface area contributed by atoms with E-state index in [1.54, 1.807) is 26.0 Å². The summed E-state index contributed by atoms with van der Waals surface area (Å²) in [6.45, 7) is 8.14. The quantitative estimate of drug-likeness (QED) is 0.0551. The number of unbranched alkanes of at least 4 members (excludes halogenated alkanes) is 1. The van der Waals surface area contributed by atoms with Crippen LogP contribution in [0.1, 0.15) is 65.5 Å². The molecule has 14 nitrogen and oxygen atoms in total. The summed E-state index contributed by atoms with van der Waals surface area (Å²) in [7, 11) is 0. The summed E-state index contributed by atoms with van der Waals surface area (Å²) in [4.78, 5) is 53.3. The van der Waals surface area contributed by atoms with Crippen LogP contribution in [0.2, 0.25) is 0 Å². The molecule has 2 aromatic rings. The number of hydrogen-bond acceptors (Lipinski definition) is 8. The van der Waals surface area contributed by atoms with Crippen LogP contribution < -0.4 is 44.2 Å². The molecule has 0 saturated carbocycles. The van der Waals surface area contributed by atoms with E-state index in [1.165, 1.54) is 0 Å². The topological polar surface area (TPSA) is 265 Å². The van der Waals surface area contributed by atoms with Gasteiger partial charge in [-0.15, -0.1) is 0 Å². The Bertz CT molecular complexity index is 1400. The Balaban J connectivity index is 2.33. The lowest BCUT2D eigenvalue weighted by atomic mass is 9.94. The van der Waals surface area contributed by atoms with Gasteiger partial charge in [0.15, 0.2) is 5.96 Å². The fourth-order valence-corrected chi connectivity index (χ4v) is 5.56. The van der Waals surface area contributed by atoms with Gasteiger partial charge in [0.25, 0.3) is 0 Å². The van der Waals surface area contributed by atoms with Gasteiger partial charge in [0, 0.05) is 19.4 Å². The molecule has 48 heavy (non-hydrogen) atoms. The number of primary amides is 1. The number of aromatic hydroxyl groups is 1. The molecule has 0 aromatic heterocycles. The molecule has 0 unspecified atom stereocenters. The first-order valence-electron chi connectivity index (χ1n) is 16.2. The predicted molar refractivity (Wildman–Crippen MR) is 186 cm³/mol. The lowest BCUT2D eigenvalue weighted by Crippen LogP contribution is -2.58. The number of carbonyl (C=O) groups is 4. The van der Waals surface area contributed by atoms with Crippen LogP contribution in [-0.4, -0.2) is 72.0 Å². The molecule has 4 amide bonds. The van der Waals surface area contributed by atoms with Gasteiger partial charge in [-0.05, 0) is 112 Å². The van der Waals surface area contributed by atoms with Crippen molar-refractivity contribution in [1.82, 2.24) is 21.3 Å². The number of hydrogen-bond donors (Lipinski definition) is 10. The summed E-state index contributed by atoms with van der Waals surface area (Å²) < 4.78 is 0. The average molecular weight is 668 g/mol. The van der Waals surface area contributed by atoms with Gasteiger partial charge in [0.1, 0.15) is 23.9 Å². The maximum atomic E-state index is 13.9. The molecular formula is C34H53N9O5. The molecule has 2 aromatic carbocycles. The molecule has 0 saturated heterocycles. The molecule has 0 heterocycles. The lowest BCUT2D eigenvalue weighted by molar-refractivity contribution is -0.133. The van der Waals surface area contributed by atoms with E-state index < -0.39 is 47.8 Å². The molecule has 14 N–H and O–H groups in total. The number of phenolic OH excluding ortho intramolecular Hbond substituents is 1. The van der Waals surface area contributed by atoms with E-state index in [0.29, 0.717) is 43.5 Å². The second-order valence-electron chi connectivity index (χ2n) is 12.3. The van der Waals surface area contributed by atoms with E-state index in [-0.39, 0.29) is 37.4 Å². The second-order valence-corrected chi connectivity index (χ2v) is 12.3. The Morgan fingerprint density at radius 3 is 1.83 bits per heavy atom. The van der Waals surface area contributed by atoms with Crippen molar-refractivity contribution >= 4 is 29.6 Å². The number of benzene rings is 2. The molecule has 0 aliphatic heterocycles. The minimum Gasteiger partial charge on any atom is -0.508 e. The third-order valence-electron chi connectivity index (χ3n) is 8.36. The Labute approximate surface area is 282 Å². The van der Waals surface area contributed by atoms with Crippen LogP contribution in [0.3, 0.4) is 0 Å². The third kappa shape index (κ3) is 12.5. The average Bonchev–Trinajstić information content (AvgIpc) is 3.00. The summed E-state index contributed by atoms with van der Waals surface area (Å²) in [5.41, 5.74) is 27.8. The number of nitrogens with two attached hydrogens (primary N) is 4.